The van der Waals surface area contributed by atoms with Crippen molar-refractivity contribution in [2.24, 2.45) is 5.73 Å². The Hall–Kier alpha value is -2.72. The van der Waals surface area contributed by atoms with Crippen LogP contribution in [0, 0.1) is 10.1 Å². The number of hydrogen-bond donors (Lipinski definition) is 4. The second-order valence-electron chi connectivity index (χ2n) is 5.06. The SMILES string of the molecule is NC(CCC(O)CNC(=O)OCc1ccc([N+](=O)[O-])cc1)C(=O)O. The van der Waals surface area contributed by atoms with Crippen LogP contribution in [0.4, 0.5) is 10.5 Å². The molecule has 0 bridgehead atoms. The molecule has 0 spiro atoms. The van der Waals surface area contributed by atoms with Crippen molar-refractivity contribution in [3.05, 3.63) is 39.9 Å². The number of nitrogens with zero attached hydrogens (tertiary/aromatic N) is 1. The van der Waals surface area contributed by atoms with Crippen molar-refractivity contribution in [1.82, 2.24) is 5.32 Å². The monoisotopic (exact) mass is 341 g/mol. The van der Waals surface area contributed by atoms with E-state index >= 15 is 0 Å². The Balaban J connectivity index is 2.26. The number of alkyl carbamates (subject to hydrolysis) is 1. The number of carboxylic acid groups (broad SMARTS) is 1. The van der Waals surface area contributed by atoms with Gasteiger partial charge in [-0.25, -0.2) is 4.79 Å². The summed E-state index contributed by atoms with van der Waals surface area (Å²) in [4.78, 5) is 32.0. The standard InChI is InChI=1S/C14H19N3O7/c15-12(13(19)20)6-5-11(18)7-16-14(21)24-8-9-1-3-10(4-2-9)17(22)23/h1-4,11-12,18H,5-8,15H2,(H,16,21)(H,19,20). The number of nitro groups is 1. The fraction of sp³-hybridized carbons (Fsp3) is 0.429. The van der Waals surface area contributed by atoms with Gasteiger partial charge in [0.25, 0.3) is 5.69 Å². The predicted molar refractivity (Wildman–Crippen MR) is 82.1 cm³/mol. The lowest BCUT2D eigenvalue weighted by atomic mass is 10.1. The Morgan fingerprint density at radius 3 is 2.46 bits per heavy atom. The van der Waals surface area contributed by atoms with E-state index in [1.54, 1.807) is 0 Å². The predicted octanol–water partition coefficient (Wildman–Crippen LogP) is 0.374. The Labute approximate surface area is 137 Å². The average Bonchev–Trinajstić information content (AvgIpc) is 2.56. The maximum Gasteiger partial charge on any atom is 0.407 e. The Morgan fingerprint density at radius 1 is 1.29 bits per heavy atom. The van der Waals surface area contributed by atoms with Crippen LogP contribution in [0.5, 0.6) is 0 Å². The van der Waals surface area contributed by atoms with Gasteiger partial charge >= 0.3 is 12.1 Å². The number of aliphatic hydroxyl groups is 1. The molecule has 2 atom stereocenters. The third-order valence-electron chi connectivity index (χ3n) is 3.13. The van der Waals surface area contributed by atoms with Gasteiger partial charge in [-0.05, 0) is 30.5 Å². The van der Waals surface area contributed by atoms with Gasteiger partial charge in [0, 0.05) is 18.7 Å². The second kappa shape index (κ2) is 9.43. The molecule has 10 heteroatoms. The molecule has 0 saturated heterocycles. The summed E-state index contributed by atoms with van der Waals surface area (Å²) in [5.41, 5.74) is 5.81. The van der Waals surface area contributed by atoms with E-state index in [1.165, 1.54) is 24.3 Å². The third kappa shape index (κ3) is 7.03. The van der Waals surface area contributed by atoms with Crippen LogP contribution < -0.4 is 11.1 Å². The molecule has 1 aromatic carbocycles. The number of carboxylic acids is 1. The molecule has 0 fully saturated rings. The average molecular weight is 341 g/mol. The van der Waals surface area contributed by atoms with Gasteiger partial charge in [-0.1, -0.05) is 0 Å². The third-order valence-corrected chi connectivity index (χ3v) is 3.13. The summed E-state index contributed by atoms with van der Waals surface area (Å²) in [6, 6.07) is 4.47. The highest BCUT2D eigenvalue weighted by molar-refractivity contribution is 5.72. The van der Waals surface area contributed by atoms with Crippen LogP contribution in [0.15, 0.2) is 24.3 Å². The molecule has 0 aliphatic carbocycles. The highest BCUT2D eigenvalue weighted by Crippen LogP contribution is 2.12. The van der Waals surface area contributed by atoms with Gasteiger partial charge in [0.1, 0.15) is 12.6 Å². The van der Waals surface area contributed by atoms with Crippen molar-refractivity contribution in [3.8, 4) is 0 Å². The van der Waals surface area contributed by atoms with E-state index < -0.39 is 29.1 Å². The zero-order chi connectivity index (χ0) is 18.1. The molecule has 0 saturated carbocycles. The highest BCUT2D eigenvalue weighted by Gasteiger charge is 2.15. The number of nitrogens with one attached hydrogen (secondary N) is 1. The van der Waals surface area contributed by atoms with Gasteiger partial charge < -0.3 is 26.0 Å². The summed E-state index contributed by atoms with van der Waals surface area (Å²) in [6.07, 6.45) is -1.51. The van der Waals surface area contributed by atoms with Crippen molar-refractivity contribution < 1.29 is 29.5 Å². The van der Waals surface area contributed by atoms with Crippen LogP contribution in [0.1, 0.15) is 18.4 Å². The summed E-state index contributed by atoms with van der Waals surface area (Å²) >= 11 is 0. The fourth-order valence-corrected chi connectivity index (χ4v) is 1.71. The number of carbonyl (C=O) groups is 2. The first kappa shape index (κ1) is 19.3. The number of nitrogens with two attached hydrogens (primary N) is 1. The highest BCUT2D eigenvalue weighted by atomic mass is 16.6. The van der Waals surface area contributed by atoms with E-state index in [0.29, 0.717) is 5.56 Å². The van der Waals surface area contributed by atoms with Gasteiger partial charge in [-0.15, -0.1) is 0 Å². The number of carbonyl (C=O) groups excluding carboxylic acids is 1. The Bertz CT molecular complexity index is 576. The molecular weight excluding hydrogens is 322 g/mol. The first-order valence-corrected chi connectivity index (χ1v) is 7.10. The maximum absolute atomic E-state index is 11.5. The molecule has 0 aromatic heterocycles. The fourth-order valence-electron chi connectivity index (χ4n) is 1.71. The van der Waals surface area contributed by atoms with Crippen molar-refractivity contribution in [2.45, 2.75) is 31.6 Å². The van der Waals surface area contributed by atoms with Crippen LogP contribution in [0.3, 0.4) is 0 Å². The largest absolute Gasteiger partial charge is 0.480 e. The number of hydrogen-bond acceptors (Lipinski definition) is 7. The number of benzene rings is 1. The molecule has 2 unspecified atom stereocenters. The molecule has 5 N–H and O–H groups in total. The normalized spacial score (nSPS) is 12.9. The number of amides is 1. The van der Waals surface area contributed by atoms with E-state index in [-0.39, 0.29) is 31.7 Å². The summed E-state index contributed by atoms with van der Waals surface area (Å²) in [7, 11) is 0. The Morgan fingerprint density at radius 2 is 1.92 bits per heavy atom. The van der Waals surface area contributed by atoms with Crippen LogP contribution in [0.2, 0.25) is 0 Å². The minimum absolute atomic E-state index is 0.0640. The van der Waals surface area contributed by atoms with Crippen molar-refractivity contribution >= 4 is 17.7 Å². The van der Waals surface area contributed by atoms with Gasteiger partial charge in [-0.3, -0.25) is 14.9 Å². The summed E-state index contributed by atoms with van der Waals surface area (Å²) in [5.74, 6) is -1.15. The molecule has 1 aromatic rings. The summed E-state index contributed by atoms with van der Waals surface area (Å²) < 4.78 is 4.89. The molecule has 1 rings (SSSR count). The number of rotatable bonds is 9. The lowest BCUT2D eigenvalue weighted by molar-refractivity contribution is -0.384. The van der Waals surface area contributed by atoms with E-state index in [9.17, 15) is 24.8 Å². The summed E-state index contributed by atoms with van der Waals surface area (Å²) in [5, 5.41) is 31.1. The van der Waals surface area contributed by atoms with Gasteiger partial charge in [0.2, 0.25) is 0 Å². The topological polar surface area (TPSA) is 165 Å². The minimum atomic E-state index is -1.15. The molecule has 0 aliphatic heterocycles. The van der Waals surface area contributed by atoms with E-state index in [0.717, 1.165) is 0 Å². The summed E-state index contributed by atoms with van der Waals surface area (Å²) in [6.45, 7) is -0.185. The minimum Gasteiger partial charge on any atom is -0.480 e. The van der Waals surface area contributed by atoms with Crippen molar-refractivity contribution in [2.75, 3.05) is 6.54 Å². The molecule has 24 heavy (non-hydrogen) atoms. The van der Waals surface area contributed by atoms with Crippen LogP contribution in [-0.2, 0) is 16.1 Å². The van der Waals surface area contributed by atoms with Crippen molar-refractivity contribution in [3.63, 3.8) is 0 Å². The quantitative estimate of drug-likeness (QED) is 0.369. The number of nitro benzene ring substituents is 1. The number of ether oxygens (including phenoxy) is 1. The van der Waals surface area contributed by atoms with Gasteiger partial charge in [0.05, 0.1) is 11.0 Å². The van der Waals surface area contributed by atoms with E-state index in [4.69, 9.17) is 15.6 Å². The zero-order valence-corrected chi connectivity index (χ0v) is 12.8. The van der Waals surface area contributed by atoms with Gasteiger partial charge in [-0.2, -0.15) is 0 Å². The molecule has 1 amide bonds. The molecule has 0 heterocycles. The van der Waals surface area contributed by atoms with Crippen molar-refractivity contribution in [1.29, 1.82) is 0 Å². The van der Waals surface area contributed by atoms with E-state index in [2.05, 4.69) is 5.32 Å². The molecule has 132 valence electrons. The zero-order valence-electron chi connectivity index (χ0n) is 12.8. The Kier molecular flexibility index (Phi) is 7.59. The lowest BCUT2D eigenvalue weighted by Crippen LogP contribution is -2.35. The molecular formula is C14H19N3O7. The van der Waals surface area contributed by atoms with Crippen LogP contribution in [0.25, 0.3) is 0 Å². The van der Waals surface area contributed by atoms with Gasteiger partial charge in [0.15, 0.2) is 0 Å². The number of aliphatic hydroxyl groups excluding tert-OH is 1. The second-order valence-corrected chi connectivity index (χ2v) is 5.06. The van der Waals surface area contributed by atoms with E-state index in [1.807, 2.05) is 0 Å². The first-order valence-electron chi connectivity index (χ1n) is 7.10. The van der Waals surface area contributed by atoms with Crippen LogP contribution >= 0.6 is 0 Å². The number of non-ortho nitro benzene ring substituents is 1. The molecule has 0 radical (unpaired) electrons. The lowest BCUT2D eigenvalue weighted by Gasteiger charge is -2.13. The first-order chi connectivity index (χ1) is 11.3. The van der Waals surface area contributed by atoms with Crippen LogP contribution in [-0.4, -0.2) is 45.9 Å². The number of aliphatic carboxylic acids is 1. The smallest absolute Gasteiger partial charge is 0.407 e. The molecule has 0 aliphatic rings. The molecule has 10 nitrogen and oxygen atoms in total. The maximum atomic E-state index is 11.5.